The van der Waals surface area contributed by atoms with Gasteiger partial charge in [-0.05, 0) is 170 Å². The maximum absolute atomic E-state index is 2.75. The third-order valence-corrected chi connectivity index (χ3v) is 19.0. The Balaban J connectivity index is 1.16. The van der Waals surface area contributed by atoms with E-state index >= 15 is 0 Å². The first-order chi connectivity index (χ1) is 37.7. The molecule has 0 unspecified atom stereocenters. The SMILES string of the molecule is CC(C)(C)c1ccc(C(c2ccc(C(C)(C)C)cc2)c2ccc3c(c2)N(c2ccc(C(C)(C)C)cc2)c2c4c(cc5c2C(C)(C)c2ccccc2-5)-c2cc5c(cc2N(c2ccc(C(C)(C)C)cc2)B34)C(C)(C)c2ccccc2-5)cc1. The number of rotatable bonds is 5. The molecule has 0 fully saturated rings. The van der Waals surface area contributed by atoms with Crippen LogP contribution in [0.1, 0.15) is 178 Å². The summed E-state index contributed by atoms with van der Waals surface area (Å²) in [4.78, 5) is 5.47. The number of hydrogen-bond donors (Lipinski definition) is 0. The normalized spacial score (nSPS) is 15.5. The zero-order valence-corrected chi connectivity index (χ0v) is 50.4. The molecular weight excluding hydrogens is 964 g/mol. The quantitative estimate of drug-likeness (QED) is 0.125. The Morgan fingerprint density at radius 2 is 0.800 bits per heavy atom. The van der Waals surface area contributed by atoms with E-state index < -0.39 is 0 Å². The Morgan fingerprint density at radius 3 is 1.31 bits per heavy atom. The fourth-order valence-corrected chi connectivity index (χ4v) is 14.4. The molecule has 0 N–H and O–H groups in total. The highest BCUT2D eigenvalue weighted by Crippen LogP contribution is 2.60. The number of anilines is 5. The van der Waals surface area contributed by atoms with E-state index in [1.165, 1.54) is 134 Å². The van der Waals surface area contributed by atoms with Gasteiger partial charge in [0.25, 0.3) is 0 Å². The van der Waals surface area contributed by atoms with E-state index in [2.05, 4.69) is 302 Å². The fourth-order valence-electron chi connectivity index (χ4n) is 14.4. The topological polar surface area (TPSA) is 6.48 Å². The first-order valence-corrected chi connectivity index (χ1v) is 29.5. The molecule has 9 aromatic rings. The van der Waals surface area contributed by atoms with Crippen LogP contribution in [0.4, 0.5) is 28.4 Å². The third-order valence-electron chi connectivity index (χ3n) is 19.0. The molecule has 9 aromatic carbocycles. The zero-order valence-electron chi connectivity index (χ0n) is 50.4. The van der Waals surface area contributed by atoms with Crippen LogP contribution in [0.15, 0.2) is 182 Å². The standard InChI is InChI=1S/C77H79BN2/c1-72(2,3)50-30-25-47(26-31-50)68(48-27-32-51(33-28-48)73(4,5)6)49-29-42-65-67(43-49)79(54-38-34-52(35-39-54)74(7,8)9)71-69-60(57-22-18-20-24-63(57)77(69,15)16)45-61-59-44-58-56-21-17-19-23-62(56)76(13,14)64(58)46-66(59)80(78(65)70(61)71)55-40-36-53(37-41-55)75(10,11)12/h17-46,68H,1-16H3. The summed E-state index contributed by atoms with van der Waals surface area (Å²) in [6.45, 7) is 37.5. The maximum atomic E-state index is 2.75. The molecular formula is C77H79BN2. The van der Waals surface area contributed by atoms with Crippen molar-refractivity contribution in [2.24, 2.45) is 0 Å². The molecule has 2 aliphatic carbocycles. The summed E-state index contributed by atoms with van der Waals surface area (Å²) in [5.74, 6) is -0.0211. The molecule has 400 valence electrons. The molecule has 0 amide bonds. The van der Waals surface area contributed by atoms with Crippen LogP contribution in [0.2, 0.25) is 0 Å². The molecule has 2 aliphatic heterocycles. The predicted molar refractivity (Wildman–Crippen MR) is 344 cm³/mol. The van der Waals surface area contributed by atoms with E-state index in [1.807, 2.05) is 0 Å². The molecule has 0 spiro atoms. The second-order valence-corrected chi connectivity index (χ2v) is 29.1. The van der Waals surface area contributed by atoms with E-state index in [-0.39, 0.29) is 45.3 Å². The highest BCUT2D eigenvalue weighted by atomic mass is 15.2. The first-order valence-electron chi connectivity index (χ1n) is 29.5. The average Bonchev–Trinajstić information content (AvgIpc) is 3.92. The largest absolute Gasteiger partial charge is 0.376 e. The van der Waals surface area contributed by atoms with Crippen LogP contribution < -0.4 is 20.6 Å². The number of fused-ring (bicyclic) bond motifs is 11. The van der Waals surface area contributed by atoms with Crippen molar-refractivity contribution >= 4 is 46.2 Å². The van der Waals surface area contributed by atoms with E-state index in [1.54, 1.807) is 0 Å². The lowest BCUT2D eigenvalue weighted by Gasteiger charge is -2.48. The van der Waals surface area contributed by atoms with Gasteiger partial charge in [0.2, 0.25) is 0 Å². The van der Waals surface area contributed by atoms with E-state index in [0.29, 0.717) is 0 Å². The molecule has 2 nitrogen and oxygen atoms in total. The van der Waals surface area contributed by atoms with Crippen molar-refractivity contribution in [1.82, 2.24) is 0 Å². The number of hydrogen-bond acceptors (Lipinski definition) is 2. The Bertz CT molecular complexity index is 3900. The van der Waals surface area contributed by atoms with Gasteiger partial charge in [0.15, 0.2) is 0 Å². The van der Waals surface area contributed by atoms with Crippen molar-refractivity contribution < 1.29 is 0 Å². The van der Waals surface area contributed by atoms with Gasteiger partial charge in [0, 0.05) is 50.7 Å². The smallest absolute Gasteiger partial charge is 0.333 e. The third kappa shape index (κ3) is 7.95. The van der Waals surface area contributed by atoms with Gasteiger partial charge in [-0.3, -0.25) is 0 Å². The van der Waals surface area contributed by atoms with Gasteiger partial charge < -0.3 is 9.71 Å². The predicted octanol–water partition coefficient (Wildman–Crippen LogP) is 19.4. The fraction of sp³-hybridized carbons (Fsp3) is 0.299. The van der Waals surface area contributed by atoms with Crippen molar-refractivity contribution in [2.75, 3.05) is 9.71 Å². The lowest BCUT2D eigenvalue weighted by atomic mass is 9.42. The molecule has 13 rings (SSSR count). The van der Waals surface area contributed by atoms with E-state index in [4.69, 9.17) is 0 Å². The van der Waals surface area contributed by atoms with Crippen molar-refractivity contribution in [3.05, 3.63) is 243 Å². The Hall–Kier alpha value is -7.36. The van der Waals surface area contributed by atoms with Gasteiger partial charge in [-0.2, -0.15) is 0 Å². The lowest BCUT2D eigenvalue weighted by molar-refractivity contribution is 0.589. The summed E-state index contributed by atoms with van der Waals surface area (Å²) in [7, 11) is 0. The summed E-state index contributed by atoms with van der Waals surface area (Å²) >= 11 is 0. The van der Waals surface area contributed by atoms with Gasteiger partial charge in [-0.15, -0.1) is 0 Å². The van der Waals surface area contributed by atoms with Gasteiger partial charge in [0.1, 0.15) is 0 Å². The second-order valence-electron chi connectivity index (χ2n) is 29.1. The minimum absolute atomic E-state index is 0.00339. The summed E-state index contributed by atoms with van der Waals surface area (Å²) < 4.78 is 0. The summed E-state index contributed by atoms with van der Waals surface area (Å²) in [6, 6.07) is 72.1. The Labute approximate surface area is 479 Å². The summed E-state index contributed by atoms with van der Waals surface area (Å²) in [6.07, 6.45) is 0. The maximum Gasteiger partial charge on any atom is 0.333 e. The van der Waals surface area contributed by atoms with Crippen molar-refractivity contribution in [3.63, 3.8) is 0 Å². The van der Waals surface area contributed by atoms with Crippen molar-refractivity contribution in [2.45, 2.75) is 149 Å². The van der Waals surface area contributed by atoms with Gasteiger partial charge in [0.05, 0.1) is 0 Å². The van der Waals surface area contributed by atoms with Crippen LogP contribution >= 0.6 is 0 Å². The van der Waals surface area contributed by atoms with Crippen molar-refractivity contribution in [1.29, 1.82) is 0 Å². The highest BCUT2D eigenvalue weighted by molar-refractivity contribution is 6.93. The molecule has 0 bridgehead atoms. The van der Waals surface area contributed by atoms with Crippen LogP contribution in [0, 0.1) is 0 Å². The van der Waals surface area contributed by atoms with Crippen LogP contribution in [-0.2, 0) is 32.5 Å². The monoisotopic (exact) mass is 1040 g/mol. The summed E-state index contributed by atoms with van der Waals surface area (Å²) in [5, 5.41) is 0. The van der Waals surface area contributed by atoms with Gasteiger partial charge >= 0.3 is 6.85 Å². The molecule has 0 saturated carbocycles. The lowest BCUT2D eigenvalue weighted by Crippen LogP contribution is -2.62. The molecule has 0 radical (unpaired) electrons. The molecule has 0 aromatic heterocycles. The van der Waals surface area contributed by atoms with Crippen LogP contribution in [-0.4, -0.2) is 6.85 Å². The number of benzene rings is 9. The first kappa shape index (κ1) is 52.0. The Kier molecular flexibility index (Phi) is 11.4. The molecule has 0 atom stereocenters. The molecule has 3 heteroatoms. The van der Waals surface area contributed by atoms with Crippen LogP contribution in [0.3, 0.4) is 0 Å². The minimum Gasteiger partial charge on any atom is -0.376 e. The second kappa shape index (κ2) is 17.6. The van der Waals surface area contributed by atoms with Crippen LogP contribution in [0.5, 0.6) is 0 Å². The minimum atomic E-state index is -0.313. The molecule has 0 saturated heterocycles. The highest BCUT2D eigenvalue weighted by Gasteiger charge is 2.51. The van der Waals surface area contributed by atoms with Crippen LogP contribution in [0.25, 0.3) is 33.4 Å². The zero-order chi connectivity index (χ0) is 56.4. The summed E-state index contributed by atoms with van der Waals surface area (Å²) in [5.41, 5.74) is 31.1. The average molecular weight is 1040 g/mol. The van der Waals surface area contributed by atoms with E-state index in [0.717, 1.165) is 0 Å². The molecule has 4 aliphatic rings. The van der Waals surface area contributed by atoms with Gasteiger partial charge in [-0.1, -0.05) is 244 Å². The van der Waals surface area contributed by atoms with Crippen molar-refractivity contribution in [3.8, 4) is 33.4 Å². The number of nitrogens with zero attached hydrogens (tertiary/aromatic N) is 2. The molecule has 80 heavy (non-hydrogen) atoms. The Morgan fingerprint density at radius 1 is 0.362 bits per heavy atom. The molecule has 2 heterocycles. The van der Waals surface area contributed by atoms with E-state index in [9.17, 15) is 0 Å². The van der Waals surface area contributed by atoms with Gasteiger partial charge in [-0.25, -0.2) is 0 Å².